The molecule has 0 aromatic heterocycles. The molecular weight excluding hydrogens is 219 g/mol. The SMILES string of the molecule is C#C[C@@H](OC(=O)CCl)c1cccc(F)c1. The smallest absolute Gasteiger partial charge is 0.322 e. The predicted molar refractivity (Wildman–Crippen MR) is 54.8 cm³/mol. The molecule has 0 aliphatic rings. The molecule has 0 saturated heterocycles. The molecule has 1 atom stereocenters. The van der Waals surface area contributed by atoms with Crippen molar-refractivity contribution < 1.29 is 13.9 Å². The Kier molecular flexibility index (Phi) is 4.14. The van der Waals surface area contributed by atoms with Gasteiger partial charge in [-0.05, 0) is 12.1 Å². The normalized spacial score (nSPS) is 11.5. The van der Waals surface area contributed by atoms with Crippen LogP contribution in [-0.2, 0) is 9.53 Å². The fourth-order valence-electron chi connectivity index (χ4n) is 1.03. The fourth-order valence-corrected chi connectivity index (χ4v) is 1.09. The van der Waals surface area contributed by atoms with Crippen LogP contribution in [0, 0.1) is 18.2 Å². The minimum Gasteiger partial charge on any atom is -0.443 e. The average Bonchev–Trinajstić information content (AvgIpc) is 2.25. The Bertz CT molecular complexity index is 398. The first-order valence-corrected chi connectivity index (χ1v) is 4.68. The van der Waals surface area contributed by atoms with E-state index in [4.69, 9.17) is 22.8 Å². The first-order valence-electron chi connectivity index (χ1n) is 4.14. The van der Waals surface area contributed by atoms with E-state index in [1.165, 1.54) is 18.2 Å². The van der Waals surface area contributed by atoms with Crippen molar-refractivity contribution >= 4 is 17.6 Å². The van der Waals surface area contributed by atoms with E-state index in [9.17, 15) is 9.18 Å². The van der Waals surface area contributed by atoms with E-state index >= 15 is 0 Å². The number of benzene rings is 1. The van der Waals surface area contributed by atoms with Gasteiger partial charge in [0, 0.05) is 5.56 Å². The third-order valence-corrected chi connectivity index (χ3v) is 1.88. The number of hydrogen-bond acceptors (Lipinski definition) is 2. The van der Waals surface area contributed by atoms with Crippen molar-refractivity contribution in [3.8, 4) is 12.3 Å². The highest BCUT2D eigenvalue weighted by Gasteiger charge is 2.13. The maximum Gasteiger partial charge on any atom is 0.322 e. The van der Waals surface area contributed by atoms with Crippen LogP contribution in [0.2, 0.25) is 0 Å². The Morgan fingerprint density at radius 2 is 2.40 bits per heavy atom. The van der Waals surface area contributed by atoms with Crippen LogP contribution in [0.5, 0.6) is 0 Å². The zero-order valence-corrected chi connectivity index (χ0v) is 8.50. The first kappa shape index (κ1) is 11.5. The van der Waals surface area contributed by atoms with Crippen molar-refractivity contribution in [1.82, 2.24) is 0 Å². The minimum atomic E-state index is -0.896. The van der Waals surface area contributed by atoms with E-state index in [0.29, 0.717) is 5.56 Å². The van der Waals surface area contributed by atoms with Gasteiger partial charge in [0.2, 0.25) is 0 Å². The summed E-state index contributed by atoms with van der Waals surface area (Å²) in [5.74, 6) is 0.887. The van der Waals surface area contributed by atoms with Gasteiger partial charge in [0.05, 0.1) is 0 Å². The second-order valence-electron chi connectivity index (χ2n) is 2.73. The molecule has 0 N–H and O–H groups in total. The van der Waals surface area contributed by atoms with Gasteiger partial charge in [-0.25, -0.2) is 4.39 Å². The molecule has 0 saturated carbocycles. The molecule has 0 aliphatic heterocycles. The molecule has 0 heterocycles. The van der Waals surface area contributed by atoms with Crippen LogP contribution >= 0.6 is 11.6 Å². The van der Waals surface area contributed by atoms with E-state index in [0.717, 1.165) is 0 Å². The van der Waals surface area contributed by atoms with Crippen LogP contribution in [0.25, 0.3) is 0 Å². The van der Waals surface area contributed by atoms with Crippen molar-refractivity contribution in [1.29, 1.82) is 0 Å². The van der Waals surface area contributed by atoms with Gasteiger partial charge in [0.1, 0.15) is 11.7 Å². The first-order chi connectivity index (χ1) is 7.17. The van der Waals surface area contributed by atoms with Gasteiger partial charge in [0.15, 0.2) is 6.10 Å². The molecule has 0 fully saturated rings. The molecule has 15 heavy (non-hydrogen) atoms. The molecule has 1 aromatic rings. The second-order valence-corrected chi connectivity index (χ2v) is 2.99. The highest BCUT2D eigenvalue weighted by molar-refractivity contribution is 6.26. The van der Waals surface area contributed by atoms with Crippen LogP contribution in [0.1, 0.15) is 11.7 Å². The average molecular weight is 227 g/mol. The summed E-state index contributed by atoms with van der Waals surface area (Å²) in [6, 6.07) is 5.56. The number of carbonyl (C=O) groups excluding carboxylic acids is 1. The molecule has 0 bridgehead atoms. The zero-order chi connectivity index (χ0) is 11.3. The van der Waals surface area contributed by atoms with Crippen LogP contribution in [0.15, 0.2) is 24.3 Å². The van der Waals surface area contributed by atoms with Crippen LogP contribution in [0.3, 0.4) is 0 Å². The summed E-state index contributed by atoms with van der Waals surface area (Å²) >= 11 is 5.25. The van der Waals surface area contributed by atoms with Gasteiger partial charge in [-0.2, -0.15) is 0 Å². The third-order valence-electron chi connectivity index (χ3n) is 1.66. The molecule has 0 aliphatic carbocycles. The van der Waals surface area contributed by atoms with Gasteiger partial charge in [-0.3, -0.25) is 4.79 Å². The Hall–Kier alpha value is -1.53. The highest BCUT2D eigenvalue weighted by Crippen LogP contribution is 2.17. The lowest BCUT2D eigenvalue weighted by atomic mass is 10.1. The molecule has 0 radical (unpaired) electrons. The van der Waals surface area contributed by atoms with Gasteiger partial charge in [-0.1, -0.05) is 18.1 Å². The van der Waals surface area contributed by atoms with Crippen LogP contribution in [0.4, 0.5) is 4.39 Å². The van der Waals surface area contributed by atoms with Gasteiger partial charge in [-0.15, -0.1) is 18.0 Å². The Morgan fingerprint density at radius 3 is 2.93 bits per heavy atom. The van der Waals surface area contributed by atoms with Crippen molar-refractivity contribution in [2.45, 2.75) is 6.10 Å². The summed E-state index contributed by atoms with van der Waals surface area (Å²) in [4.78, 5) is 10.9. The summed E-state index contributed by atoms with van der Waals surface area (Å²) in [5, 5.41) is 0. The minimum absolute atomic E-state index is 0.284. The summed E-state index contributed by atoms with van der Waals surface area (Å²) in [5.41, 5.74) is 0.413. The number of terminal acetylenes is 1. The third kappa shape index (κ3) is 3.26. The largest absolute Gasteiger partial charge is 0.443 e. The van der Waals surface area contributed by atoms with Gasteiger partial charge >= 0.3 is 5.97 Å². The van der Waals surface area contributed by atoms with E-state index < -0.39 is 17.9 Å². The highest BCUT2D eigenvalue weighted by atomic mass is 35.5. The lowest BCUT2D eigenvalue weighted by molar-refractivity contribution is -0.143. The molecule has 2 nitrogen and oxygen atoms in total. The zero-order valence-electron chi connectivity index (χ0n) is 7.74. The van der Waals surface area contributed by atoms with E-state index in [1.807, 2.05) is 0 Å². The lowest BCUT2D eigenvalue weighted by Crippen LogP contribution is -2.11. The summed E-state index contributed by atoms with van der Waals surface area (Å²) in [6.07, 6.45) is 4.27. The van der Waals surface area contributed by atoms with Crippen molar-refractivity contribution in [2.24, 2.45) is 0 Å². The molecular formula is C11H8ClFO2. The molecule has 0 spiro atoms. The summed E-state index contributed by atoms with van der Waals surface area (Å²) < 4.78 is 17.7. The Labute approximate surface area is 92.0 Å². The summed E-state index contributed by atoms with van der Waals surface area (Å²) in [6.45, 7) is 0. The summed E-state index contributed by atoms with van der Waals surface area (Å²) in [7, 11) is 0. The van der Waals surface area contributed by atoms with Crippen molar-refractivity contribution in [3.63, 3.8) is 0 Å². The molecule has 78 valence electrons. The number of carbonyl (C=O) groups is 1. The molecule has 0 amide bonds. The number of rotatable bonds is 3. The van der Waals surface area contributed by atoms with Crippen molar-refractivity contribution in [2.75, 3.05) is 5.88 Å². The maximum absolute atomic E-state index is 12.8. The number of halogens is 2. The molecule has 1 aromatic carbocycles. The number of hydrogen-bond donors (Lipinski definition) is 0. The molecule has 4 heteroatoms. The fraction of sp³-hybridized carbons (Fsp3) is 0.182. The van der Waals surface area contributed by atoms with Gasteiger partial charge < -0.3 is 4.74 Å². The number of ether oxygens (including phenoxy) is 1. The van der Waals surface area contributed by atoms with Crippen molar-refractivity contribution in [3.05, 3.63) is 35.6 Å². The topological polar surface area (TPSA) is 26.3 Å². The standard InChI is InChI=1S/C11H8ClFO2/c1-2-10(15-11(14)7-12)8-4-3-5-9(13)6-8/h1,3-6,10H,7H2/t10-/m1/s1. The van der Waals surface area contributed by atoms with Crippen LogP contribution in [-0.4, -0.2) is 11.8 Å². The Morgan fingerprint density at radius 1 is 1.67 bits per heavy atom. The van der Waals surface area contributed by atoms with E-state index in [1.54, 1.807) is 6.07 Å². The van der Waals surface area contributed by atoms with Gasteiger partial charge in [0.25, 0.3) is 0 Å². The quantitative estimate of drug-likeness (QED) is 0.449. The van der Waals surface area contributed by atoms with E-state index in [2.05, 4.69) is 5.92 Å². The monoisotopic (exact) mass is 226 g/mol. The maximum atomic E-state index is 12.8. The lowest BCUT2D eigenvalue weighted by Gasteiger charge is -2.11. The van der Waals surface area contributed by atoms with Crippen LogP contribution < -0.4 is 0 Å². The van der Waals surface area contributed by atoms with E-state index in [-0.39, 0.29) is 5.88 Å². The second kappa shape index (κ2) is 5.38. The number of alkyl halides is 1. The number of esters is 1. The molecule has 1 rings (SSSR count). The predicted octanol–water partition coefficient (Wildman–Crippen LogP) is 2.28. The Balaban J connectivity index is 2.84. The molecule has 0 unspecified atom stereocenters.